The maximum absolute atomic E-state index is 12.9. The molecular weight excluding hydrogens is 350 g/mol. The van der Waals surface area contributed by atoms with Gasteiger partial charge in [-0.25, -0.2) is 0 Å². The molecule has 4 atom stereocenters. The van der Waals surface area contributed by atoms with Gasteiger partial charge in [0.15, 0.2) is 0 Å². The van der Waals surface area contributed by atoms with Crippen molar-refractivity contribution in [1.82, 2.24) is 15.2 Å². The molecule has 2 heterocycles. The van der Waals surface area contributed by atoms with E-state index in [1.54, 1.807) is 0 Å². The summed E-state index contributed by atoms with van der Waals surface area (Å²) in [5, 5.41) is 13.9. The monoisotopic (exact) mass is 381 g/mol. The fourth-order valence-corrected chi connectivity index (χ4v) is 5.56. The Kier molecular flexibility index (Phi) is 4.48. The van der Waals surface area contributed by atoms with E-state index in [0.717, 1.165) is 31.7 Å². The Morgan fingerprint density at radius 1 is 1.39 bits per heavy atom. The van der Waals surface area contributed by atoms with E-state index >= 15 is 0 Å². The maximum Gasteiger partial charge on any atom is 0.224 e. The molecule has 1 aromatic carbocycles. The molecule has 0 radical (unpaired) electrons. The van der Waals surface area contributed by atoms with Crippen LogP contribution in [0.25, 0.3) is 10.9 Å². The van der Waals surface area contributed by atoms with E-state index in [9.17, 15) is 9.90 Å². The van der Waals surface area contributed by atoms with Crippen LogP contribution in [-0.2, 0) is 11.2 Å². The van der Waals surface area contributed by atoms with Crippen molar-refractivity contribution in [2.24, 2.45) is 5.92 Å². The van der Waals surface area contributed by atoms with Crippen molar-refractivity contribution in [3.8, 4) is 0 Å². The summed E-state index contributed by atoms with van der Waals surface area (Å²) in [6, 6.07) is 6.99. The van der Waals surface area contributed by atoms with Gasteiger partial charge < -0.3 is 20.3 Å². The predicted octanol–water partition coefficient (Wildman–Crippen LogP) is 2.89. The number of fused-ring (bicyclic) bond motifs is 2. The van der Waals surface area contributed by atoms with Crippen LogP contribution >= 0.6 is 0 Å². The summed E-state index contributed by atoms with van der Waals surface area (Å²) in [5.41, 5.74) is 5.71. The second-order valence-electron chi connectivity index (χ2n) is 9.11. The molecule has 5 rings (SSSR count). The summed E-state index contributed by atoms with van der Waals surface area (Å²) in [6.45, 7) is 2.80. The van der Waals surface area contributed by atoms with Crippen LogP contribution in [0.15, 0.2) is 18.2 Å². The van der Waals surface area contributed by atoms with E-state index in [1.807, 2.05) is 6.92 Å². The van der Waals surface area contributed by atoms with Gasteiger partial charge in [-0.15, -0.1) is 0 Å². The molecule has 1 amide bonds. The number of H-pyrrole nitrogens is 1. The topological polar surface area (TPSA) is 68.4 Å². The maximum atomic E-state index is 12.9. The van der Waals surface area contributed by atoms with Crippen molar-refractivity contribution < 1.29 is 9.90 Å². The number of carbonyl (C=O) groups excluding carboxylic acids is 1. The fourth-order valence-electron chi connectivity index (χ4n) is 5.56. The molecule has 5 nitrogen and oxygen atoms in total. The zero-order valence-corrected chi connectivity index (χ0v) is 16.9. The number of carbonyl (C=O) groups is 1. The summed E-state index contributed by atoms with van der Waals surface area (Å²) in [7, 11) is 2.18. The van der Waals surface area contributed by atoms with Crippen molar-refractivity contribution >= 4 is 16.8 Å². The Balaban J connectivity index is 1.47. The van der Waals surface area contributed by atoms with Crippen molar-refractivity contribution in [3.05, 3.63) is 35.0 Å². The van der Waals surface area contributed by atoms with Gasteiger partial charge in [-0.05, 0) is 62.3 Å². The number of aromatic nitrogens is 1. The zero-order valence-electron chi connectivity index (χ0n) is 16.9. The lowest BCUT2D eigenvalue weighted by Crippen LogP contribution is -2.52. The second-order valence-corrected chi connectivity index (χ2v) is 9.11. The lowest BCUT2D eigenvalue weighted by atomic mass is 9.71. The molecule has 0 bridgehead atoms. The molecule has 3 aliphatic rings. The minimum Gasteiger partial charge on any atom is -0.394 e. The van der Waals surface area contributed by atoms with Crippen LogP contribution in [0, 0.1) is 5.92 Å². The highest BCUT2D eigenvalue weighted by molar-refractivity contribution is 5.90. The fraction of sp³-hybridized carbons (Fsp3) is 0.609. The average Bonchev–Trinajstić information content (AvgIpc) is 3.49. The lowest BCUT2D eigenvalue weighted by molar-refractivity contribution is -0.128. The number of likely N-dealkylation sites (tertiary alicyclic amines) is 1. The molecule has 3 unspecified atom stereocenters. The summed E-state index contributed by atoms with van der Waals surface area (Å²) in [6.07, 6.45) is 5.36. The minimum atomic E-state index is -0.136. The Bertz CT molecular complexity index is 897. The molecule has 3 N–H and O–H groups in total. The molecule has 2 aliphatic carbocycles. The average molecular weight is 382 g/mol. The van der Waals surface area contributed by atoms with Gasteiger partial charge in [-0.2, -0.15) is 0 Å². The van der Waals surface area contributed by atoms with Crippen molar-refractivity contribution in [1.29, 1.82) is 0 Å². The van der Waals surface area contributed by atoms with Gasteiger partial charge in [0, 0.05) is 35.1 Å². The summed E-state index contributed by atoms with van der Waals surface area (Å²) in [4.78, 5) is 19.0. The van der Waals surface area contributed by atoms with Gasteiger partial charge in [0.25, 0.3) is 0 Å². The highest BCUT2D eigenvalue weighted by Gasteiger charge is 2.43. The van der Waals surface area contributed by atoms with Gasteiger partial charge >= 0.3 is 0 Å². The predicted molar refractivity (Wildman–Crippen MR) is 111 cm³/mol. The highest BCUT2D eigenvalue weighted by atomic mass is 16.3. The number of benzene rings is 1. The number of amides is 1. The van der Waals surface area contributed by atoms with Crippen LogP contribution in [0.2, 0.25) is 0 Å². The number of nitrogens with one attached hydrogen (secondary N) is 2. The van der Waals surface area contributed by atoms with E-state index in [0.29, 0.717) is 12.0 Å². The summed E-state index contributed by atoms with van der Waals surface area (Å²) >= 11 is 0. The molecule has 2 fully saturated rings. The third-order valence-corrected chi connectivity index (χ3v) is 7.30. The Labute approximate surface area is 166 Å². The number of nitrogens with zero attached hydrogens (tertiary/aromatic N) is 1. The number of hydrogen-bond donors (Lipinski definition) is 3. The molecule has 1 saturated carbocycles. The van der Waals surface area contributed by atoms with Crippen molar-refractivity contribution in [2.75, 3.05) is 20.2 Å². The van der Waals surface area contributed by atoms with E-state index in [-0.39, 0.29) is 24.5 Å². The van der Waals surface area contributed by atoms with Crippen molar-refractivity contribution in [3.63, 3.8) is 0 Å². The van der Waals surface area contributed by atoms with Crippen LogP contribution in [-0.4, -0.2) is 53.2 Å². The van der Waals surface area contributed by atoms with Gasteiger partial charge in [0.2, 0.25) is 5.91 Å². The first-order valence-corrected chi connectivity index (χ1v) is 10.9. The first-order chi connectivity index (χ1) is 13.6. The van der Waals surface area contributed by atoms with Gasteiger partial charge in [0.1, 0.15) is 0 Å². The molecule has 1 aromatic heterocycles. The number of rotatable bonds is 5. The number of piperidine rings is 1. The third kappa shape index (κ3) is 2.87. The van der Waals surface area contributed by atoms with Crippen LogP contribution < -0.4 is 5.32 Å². The highest BCUT2D eigenvalue weighted by Crippen LogP contribution is 2.50. The molecule has 1 saturated heterocycles. The standard InChI is InChI=1S/C23H31N3O2/c1-3-15(12-27)24-23(28)14-9-17-16-5-4-6-19-21(16)18(10-20(17)26(2)11-14)22(25-19)13-7-8-13/h4-6,13-15,17,20,25,27H,3,7-12H2,1-2H3,(H,24,28)/t14?,15?,17?,20-/m1/s1. The van der Waals surface area contributed by atoms with Crippen LogP contribution in [0.4, 0.5) is 0 Å². The zero-order chi connectivity index (χ0) is 19.4. The number of hydrogen-bond acceptors (Lipinski definition) is 3. The SMILES string of the molecule is CCC(CO)NC(=O)C1CC2c3cccc4[nH]c(C5CC5)c(c34)C[C@H]2N(C)C1. The van der Waals surface area contributed by atoms with Crippen LogP contribution in [0.3, 0.4) is 0 Å². The quantitative estimate of drug-likeness (QED) is 0.746. The van der Waals surface area contributed by atoms with E-state index in [4.69, 9.17) is 0 Å². The van der Waals surface area contributed by atoms with Crippen LogP contribution in [0.5, 0.6) is 0 Å². The molecule has 1 aliphatic heterocycles. The molecule has 0 spiro atoms. The van der Waals surface area contributed by atoms with E-state index < -0.39 is 0 Å². The third-order valence-electron chi connectivity index (χ3n) is 7.30. The lowest BCUT2D eigenvalue weighted by Gasteiger charge is -2.45. The molecule has 28 heavy (non-hydrogen) atoms. The largest absolute Gasteiger partial charge is 0.394 e. The minimum absolute atomic E-state index is 0.00676. The molecule has 2 aromatic rings. The number of aromatic amines is 1. The molecule has 5 heteroatoms. The van der Waals surface area contributed by atoms with Crippen LogP contribution in [0.1, 0.15) is 61.3 Å². The number of aliphatic hydroxyl groups is 1. The van der Waals surface area contributed by atoms with Gasteiger partial charge in [0.05, 0.1) is 18.6 Å². The Morgan fingerprint density at radius 2 is 2.21 bits per heavy atom. The summed E-state index contributed by atoms with van der Waals surface area (Å²) < 4.78 is 0. The first kappa shape index (κ1) is 18.2. The first-order valence-electron chi connectivity index (χ1n) is 10.9. The second kappa shape index (κ2) is 6.89. The summed E-state index contributed by atoms with van der Waals surface area (Å²) in [5.74, 6) is 1.19. The van der Waals surface area contributed by atoms with E-state index in [1.165, 1.54) is 40.6 Å². The van der Waals surface area contributed by atoms with Gasteiger partial charge in [-0.3, -0.25) is 4.79 Å². The smallest absolute Gasteiger partial charge is 0.224 e. The molecule has 150 valence electrons. The van der Waals surface area contributed by atoms with Crippen molar-refractivity contribution in [2.45, 2.75) is 62.9 Å². The number of likely N-dealkylation sites (N-methyl/N-ethyl adjacent to an activating group) is 1. The number of aliphatic hydroxyl groups excluding tert-OH is 1. The normalized spacial score (nSPS) is 28.2. The Morgan fingerprint density at radius 3 is 2.93 bits per heavy atom. The van der Waals surface area contributed by atoms with Gasteiger partial charge in [-0.1, -0.05) is 19.1 Å². The molecular formula is C23H31N3O2. The Hall–Kier alpha value is -1.85. The van der Waals surface area contributed by atoms with E-state index in [2.05, 4.69) is 40.4 Å².